The molecule has 6 heteroatoms. The summed E-state index contributed by atoms with van der Waals surface area (Å²) >= 11 is 0. The molecule has 1 amide bonds. The van der Waals surface area contributed by atoms with Crippen LogP contribution < -0.4 is 5.32 Å². The molecule has 1 saturated carbocycles. The molecule has 0 radical (unpaired) electrons. The molecular weight excluding hydrogens is 320 g/mol. The van der Waals surface area contributed by atoms with Gasteiger partial charge < -0.3 is 24.8 Å². The maximum Gasteiger partial charge on any atom is 0.225 e. The van der Waals surface area contributed by atoms with Gasteiger partial charge >= 0.3 is 0 Å². The van der Waals surface area contributed by atoms with Crippen molar-refractivity contribution in [2.45, 2.75) is 57.2 Å². The molecule has 1 aliphatic carbocycles. The second-order valence-electron chi connectivity index (χ2n) is 7.52. The SMILES string of the molecule is CNCC1CCC(C(=O)N2CCO[C@@H](C(O)CCCCOC)C2)CC1. The molecule has 1 unspecified atom stereocenters. The lowest BCUT2D eigenvalue weighted by Crippen LogP contribution is -2.51. The topological polar surface area (TPSA) is 71.0 Å². The molecule has 2 N–H and O–H groups in total. The highest BCUT2D eigenvalue weighted by Gasteiger charge is 2.34. The Balaban J connectivity index is 1.75. The van der Waals surface area contributed by atoms with Crippen molar-refractivity contribution < 1.29 is 19.4 Å². The zero-order chi connectivity index (χ0) is 18.1. The van der Waals surface area contributed by atoms with E-state index in [9.17, 15) is 9.90 Å². The van der Waals surface area contributed by atoms with Gasteiger partial charge in [0.15, 0.2) is 0 Å². The molecule has 2 atom stereocenters. The first-order valence-electron chi connectivity index (χ1n) is 9.87. The predicted molar refractivity (Wildman–Crippen MR) is 97.4 cm³/mol. The van der Waals surface area contributed by atoms with E-state index in [4.69, 9.17) is 9.47 Å². The van der Waals surface area contributed by atoms with Crippen LogP contribution in [0.2, 0.25) is 0 Å². The zero-order valence-electron chi connectivity index (χ0n) is 15.9. The third kappa shape index (κ3) is 6.51. The van der Waals surface area contributed by atoms with Crippen molar-refractivity contribution >= 4 is 5.91 Å². The number of carbonyl (C=O) groups excluding carboxylic acids is 1. The number of rotatable bonds is 9. The van der Waals surface area contributed by atoms with Crippen LogP contribution in [0.5, 0.6) is 0 Å². The summed E-state index contributed by atoms with van der Waals surface area (Å²) in [6.45, 7) is 3.48. The van der Waals surface area contributed by atoms with Crippen LogP contribution in [0.4, 0.5) is 0 Å². The van der Waals surface area contributed by atoms with Crippen molar-refractivity contribution in [3.05, 3.63) is 0 Å². The maximum atomic E-state index is 12.8. The second kappa shape index (κ2) is 11.1. The molecule has 25 heavy (non-hydrogen) atoms. The fourth-order valence-electron chi connectivity index (χ4n) is 4.05. The lowest BCUT2D eigenvalue weighted by atomic mass is 9.81. The number of hydrogen-bond acceptors (Lipinski definition) is 5. The van der Waals surface area contributed by atoms with Gasteiger partial charge in [-0.25, -0.2) is 0 Å². The Morgan fingerprint density at radius 1 is 1.32 bits per heavy atom. The normalized spacial score (nSPS) is 28.8. The van der Waals surface area contributed by atoms with E-state index in [-0.39, 0.29) is 17.9 Å². The monoisotopic (exact) mass is 356 g/mol. The van der Waals surface area contributed by atoms with E-state index in [1.165, 1.54) is 0 Å². The van der Waals surface area contributed by atoms with Crippen molar-refractivity contribution in [1.82, 2.24) is 10.2 Å². The van der Waals surface area contributed by atoms with Crippen LogP contribution in [-0.2, 0) is 14.3 Å². The van der Waals surface area contributed by atoms with E-state index in [1.807, 2.05) is 11.9 Å². The Labute approximate surface area is 152 Å². The van der Waals surface area contributed by atoms with Gasteiger partial charge in [0.05, 0.1) is 12.7 Å². The molecule has 146 valence electrons. The number of aliphatic hydroxyl groups excluding tert-OH is 1. The van der Waals surface area contributed by atoms with Gasteiger partial charge in [-0.15, -0.1) is 0 Å². The smallest absolute Gasteiger partial charge is 0.225 e. The quantitative estimate of drug-likeness (QED) is 0.612. The number of morpholine rings is 1. The minimum absolute atomic E-state index is 0.158. The second-order valence-corrected chi connectivity index (χ2v) is 7.52. The first-order chi connectivity index (χ1) is 12.2. The summed E-state index contributed by atoms with van der Waals surface area (Å²) in [6, 6.07) is 0. The number of unbranched alkanes of at least 4 members (excludes halogenated alkanes) is 1. The van der Waals surface area contributed by atoms with Gasteiger partial charge in [0.1, 0.15) is 6.10 Å². The zero-order valence-corrected chi connectivity index (χ0v) is 15.9. The largest absolute Gasteiger partial charge is 0.390 e. The van der Waals surface area contributed by atoms with Crippen LogP contribution in [0.15, 0.2) is 0 Å². The number of aliphatic hydroxyl groups is 1. The highest BCUT2D eigenvalue weighted by atomic mass is 16.5. The lowest BCUT2D eigenvalue weighted by molar-refractivity contribution is -0.149. The van der Waals surface area contributed by atoms with Crippen LogP contribution in [0.25, 0.3) is 0 Å². The van der Waals surface area contributed by atoms with E-state index >= 15 is 0 Å². The van der Waals surface area contributed by atoms with E-state index in [0.29, 0.717) is 32.0 Å². The van der Waals surface area contributed by atoms with Gasteiger partial charge in [-0.2, -0.15) is 0 Å². The average Bonchev–Trinajstić information content (AvgIpc) is 2.65. The van der Waals surface area contributed by atoms with Crippen LogP contribution in [0.1, 0.15) is 44.9 Å². The first-order valence-corrected chi connectivity index (χ1v) is 9.87. The molecule has 0 aromatic carbocycles. The van der Waals surface area contributed by atoms with Crippen LogP contribution >= 0.6 is 0 Å². The van der Waals surface area contributed by atoms with Crippen molar-refractivity contribution in [1.29, 1.82) is 0 Å². The molecule has 2 rings (SSSR count). The molecule has 0 bridgehead atoms. The molecule has 1 aliphatic heterocycles. The van der Waals surface area contributed by atoms with Gasteiger partial charge in [-0.3, -0.25) is 4.79 Å². The summed E-state index contributed by atoms with van der Waals surface area (Å²) in [4.78, 5) is 14.8. The Morgan fingerprint density at radius 3 is 2.76 bits per heavy atom. The molecule has 1 saturated heterocycles. The first kappa shape index (κ1) is 20.6. The molecule has 0 aromatic heterocycles. The lowest BCUT2D eigenvalue weighted by Gasteiger charge is -2.38. The highest BCUT2D eigenvalue weighted by Crippen LogP contribution is 2.30. The standard InChI is InChI=1S/C19H36N2O4/c1-20-13-15-6-8-16(9-7-15)19(23)21-10-12-25-18(14-21)17(22)5-3-4-11-24-2/h15-18,20,22H,3-14H2,1-2H3/t15?,16?,17?,18-/m1/s1. The van der Waals surface area contributed by atoms with Gasteiger partial charge in [0.25, 0.3) is 0 Å². The molecule has 0 spiro atoms. The summed E-state index contributed by atoms with van der Waals surface area (Å²) in [5.74, 6) is 1.13. The number of hydrogen-bond donors (Lipinski definition) is 2. The molecule has 0 aromatic rings. The highest BCUT2D eigenvalue weighted by molar-refractivity contribution is 5.79. The Bertz CT molecular complexity index is 386. The number of methoxy groups -OCH3 is 1. The minimum atomic E-state index is -0.501. The van der Waals surface area contributed by atoms with E-state index in [2.05, 4.69) is 5.32 Å². The van der Waals surface area contributed by atoms with Gasteiger partial charge in [-0.05, 0) is 64.5 Å². The predicted octanol–water partition coefficient (Wildman–Crippen LogP) is 1.42. The number of nitrogens with one attached hydrogen (secondary N) is 1. The van der Waals surface area contributed by atoms with Gasteiger partial charge in [0, 0.05) is 32.7 Å². The number of ether oxygens (including phenoxy) is 2. The molecule has 1 heterocycles. The molecule has 2 fully saturated rings. The summed E-state index contributed by atoms with van der Waals surface area (Å²) in [5.41, 5.74) is 0. The van der Waals surface area contributed by atoms with Crippen LogP contribution in [-0.4, -0.2) is 75.1 Å². The third-order valence-corrected chi connectivity index (χ3v) is 5.62. The van der Waals surface area contributed by atoms with Crippen LogP contribution in [0, 0.1) is 11.8 Å². The van der Waals surface area contributed by atoms with E-state index < -0.39 is 6.10 Å². The number of nitrogens with zero attached hydrogens (tertiary/aromatic N) is 1. The summed E-state index contributed by atoms with van der Waals surface area (Å²) < 4.78 is 10.8. The summed E-state index contributed by atoms with van der Waals surface area (Å²) in [5, 5.41) is 13.6. The van der Waals surface area contributed by atoms with Crippen molar-refractivity contribution in [3.63, 3.8) is 0 Å². The Kier molecular flexibility index (Phi) is 9.17. The molecule has 2 aliphatic rings. The minimum Gasteiger partial charge on any atom is -0.390 e. The number of amides is 1. The molecule has 6 nitrogen and oxygen atoms in total. The average molecular weight is 357 g/mol. The van der Waals surface area contributed by atoms with Crippen molar-refractivity contribution in [2.24, 2.45) is 11.8 Å². The van der Waals surface area contributed by atoms with Crippen molar-refractivity contribution in [3.8, 4) is 0 Å². The Hall–Kier alpha value is -0.690. The molecular formula is C19H36N2O4. The van der Waals surface area contributed by atoms with E-state index in [0.717, 1.165) is 51.7 Å². The van der Waals surface area contributed by atoms with Crippen LogP contribution in [0.3, 0.4) is 0 Å². The Morgan fingerprint density at radius 2 is 2.08 bits per heavy atom. The maximum absolute atomic E-state index is 12.8. The fraction of sp³-hybridized carbons (Fsp3) is 0.947. The van der Waals surface area contributed by atoms with Gasteiger partial charge in [0.2, 0.25) is 5.91 Å². The van der Waals surface area contributed by atoms with E-state index in [1.54, 1.807) is 7.11 Å². The fourth-order valence-corrected chi connectivity index (χ4v) is 4.05. The third-order valence-electron chi connectivity index (χ3n) is 5.62. The van der Waals surface area contributed by atoms with Crippen molar-refractivity contribution in [2.75, 3.05) is 47.0 Å². The summed E-state index contributed by atoms with van der Waals surface area (Å²) in [6.07, 6.45) is 6.06. The summed E-state index contributed by atoms with van der Waals surface area (Å²) in [7, 11) is 3.68. The van der Waals surface area contributed by atoms with Gasteiger partial charge in [-0.1, -0.05) is 0 Å². The number of carbonyl (C=O) groups is 1.